The summed E-state index contributed by atoms with van der Waals surface area (Å²) < 4.78 is 7.58. The van der Waals surface area contributed by atoms with Gasteiger partial charge in [-0.3, -0.25) is 0 Å². The van der Waals surface area contributed by atoms with Crippen molar-refractivity contribution in [2.24, 2.45) is 10.2 Å². The molecule has 2 heterocycles. The van der Waals surface area contributed by atoms with Gasteiger partial charge >= 0.3 is 0 Å². The van der Waals surface area contributed by atoms with E-state index in [1.807, 2.05) is 18.3 Å². The molecule has 0 fully saturated rings. The number of aromatic nitrogens is 2. The monoisotopic (exact) mass is 264 g/mol. The molecule has 1 aromatic rings. The van der Waals surface area contributed by atoms with Gasteiger partial charge in [-0.2, -0.15) is 15.3 Å². The van der Waals surface area contributed by atoms with Crippen molar-refractivity contribution in [1.82, 2.24) is 9.78 Å². The first-order valence-corrected chi connectivity index (χ1v) is 9.90. The Balaban J connectivity index is 1.93. The van der Waals surface area contributed by atoms with Crippen LogP contribution in [0.4, 0.5) is 0 Å². The van der Waals surface area contributed by atoms with E-state index in [0.29, 0.717) is 6.61 Å². The van der Waals surface area contributed by atoms with Crippen LogP contribution in [0, 0.1) is 0 Å². The van der Waals surface area contributed by atoms with Crippen LogP contribution in [0.3, 0.4) is 0 Å². The Morgan fingerprint density at radius 2 is 2.17 bits per heavy atom. The lowest BCUT2D eigenvalue weighted by atomic mass is 10.2. The van der Waals surface area contributed by atoms with Gasteiger partial charge < -0.3 is 4.74 Å². The fraction of sp³-hybridized carbons (Fsp3) is 0.583. The molecule has 0 radical (unpaired) electrons. The van der Waals surface area contributed by atoms with Crippen LogP contribution in [-0.2, 0) is 10.4 Å². The van der Waals surface area contributed by atoms with Gasteiger partial charge in [-0.15, -0.1) is 0 Å². The maximum Gasteiger partial charge on any atom is 0.215 e. The zero-order chi connectivity index (χ0) is 13.1. The largest absolute Gasteiger partial charge is 0.377 e. The molecule has 1 aromatic heterocycles. The van der Waals surface area contributed by atoms with Gasteiger partial charge in [0.2, 0.25) is 5.66 Å². The van der Waals surface area contributed by atoms with Crippen LogP contribution in [0.2, 0.25) is 25.7 Å². The van der Waals surface area contributed by atoms with E-state index in [1.54, 1.807) is 17.1 Å². The maximum absolute atomic E-state index is 5.79. The Labute approximate surface area is 109 Å². The summed E-state index contributed by atoms with van der Waals surface area (Å²) in [4.78, 5) is 0. The second-order valence-corrected chi connectivity index (χ2v) is 11.3. The smallest absolute Gasteiger partial charge is 0.215 e. The number of rotatable bonds is 6. The van der Waals surface area contributed by atoms with E-state index in [9.17, 15) is 0 Å². The van der Waals surface area contributed by atoms with Crippen molar-refractivity contribution in [1.29, 1.82) is 0 Å². The molecule has 18 heavy (non-hydrogen) atoms. The van der Waals surface area contributed by atoms with Gasteiger partial charge in [-0.1, -0.05) is 19.6 Å². The van der Waals surface area contributed by atoms with Crippen molar-refractivity contribution in [2.75, 3.05) is 13.2 Å². The van der Waals surface area contributed by atoms with Gasteiger partial charge in [0.05, 0.1) is 6.61 Å². The summed E-state index contributed by atoms with van der Waals surface area (Å²) in [6, 6.07) is 3.04. The van der Waals surface area contributed by atoms with Crippen molar-refractivity contribution in [3.63, 3.8) is 0 Å². The average Bonchev–Trinajstić information content (AvgIpc) is 2.94. The number of hydrogen-bond donors (Lipinski definition) is 0. The highest BCUT2D eigenvalue weighted by molar-refractivity contribution is 6.76. The fourth-order valence-corrected chi connectivity index (χ4v) is 2.44. The van der Waals surface area contributed by atoms with E-state index >= 15 is 0 Å². The quantitative estimate of drug-likeness (QED) is 0.586. The van der Waals surface area contributed by atoms with Crippen molar-refractivity contribution >= 4 is 8.07 Å². The molecule has 5 nitrogen and oxygen atoms in total. The summed E-state index contributed by atoms with van der Waals surface area (Å²) in [5, 5.41) is 12.4. The molecule has 2 rings (SSSR count). The summed E-state index contributed by atoms with van der Waals surface area (Å²) >= 11 is 0. The molecule has 0 N–H and O–H groups in total. The lowest BCUT2D eigenvalue weighted by Crippen LogP contribution is -2.34. The fourth-order valence-electron chi connectivity index (χ4n) is 1.68. The van der Waals surface area contributed by atoms with Gasteiger partial charge in [0.15, 0.2) is 0 Å². The third-order valence-corrected chi connectivity index (χ3v) is 4.56. The van der Waals surface area contributed by atoms with Gasteiger partial charge in [0, 0.05) is 33.3 Å². The molecule has 0 saturated heterocycles. The Hall–Kier alpha value is -1.27. The normalized spacial score (nSPS) is 22.8. The Bertz CT molecular complexity index is 421. The summed E-state index contributed by atoms with van der Waals surface area (Å²) in [5.41, 5.74) is -0.580. The molecule has 1 aliphatic rings. The second kappa shape index (κ2) is 5.15. The Morgan fingerprint density at radius 3 is 2.72 bits per heavy atom. The molecular formula is C12H20N4OSi. The number of nitrogens with zero attached hydrogens (tertiary/aromatic N) is 4. The topological polar surface area (TPSA) is 51.8 Å². The van der Waals surface area contributed by atoms with E-state index in [2.05, 4.69) is 35.0 Å². The van der Waals surface area contributed by atoms with Crippen molar-refractivity contribution in [3.05, 3.63) is 30.7 Å². The van der Waals surface area contributed by atoms with Crippen LogP contribution in [0.5, 0.6) is 0 Å². The number of hydrogen-bond acceptors (Lipinski definition) is 4. The SMILES string of the molecule is C[Si](C)(C)CCOCC1(n2cccn2)C=CN=N1. The second-order valence-electron chi connectivity index (χ2n) is 5.72. The molecule has 0 amide bonds. The molecule has 98 valence electrons. The Kier molecular flexibility index (Phi) is 3.77. The van der Waals surface area contributed by atoms with Crippen molar-refractivity contribution in [2.45, 2.75) is 31.3 Å². The molecule has 0 spiro atoms. The molecule has 1 aliphatic heterocycles. The first-order valence-electron chi connectivity index (χ1n) is 6.19. The first kappa shape index (κ1) is 13.2. The molecule has 0 aromatic carbocycles. The third kappa shape index (κ3) is 3.14. The predicted octanol–water partition coefficient (Wildman–Crippen LogP) is 2.87. The molecule has 0 aliphatic carbocycles. The number of ether oxygens (including phenoxy) is 1. The molecule has 0 saturated carbocycles. The molecule has 1 atom stereocenters. The first-order chi connectivity index (χ1) is 8.52. The standard InChI is InChI=1S/C12H20N4OSi/c1-18(2,3)10-9-17-11-12(5-7-13-15-12)16-8-4-6-14-16/h4-8H,9-11H2,1-3H3. The minimum atomic E-state index is -1.04. The summed E-state index contributed by atoms with van der Waals surface area (Å²) in [6.07, 6.45) is 7.25. The lowest BCUT2D eigenvalue weighted by molar-refractivity contribution is 0.0777. The molecule has 6 heteroatoms. The zero-order valence-electron chi connectivity index (χ0n) is 11.2. The van der Waals surface area contributed by atoms with Crippen LogP contribution < -0.4 is 0 Å². The molecular weight excluding hydrogens is 244 g/mol. The van der Waals surface area contributed by atoms with Crippen LogP contribution >= 0.6 is 0 Å². The summed E-state index contributed by atoms with van der Waals surface area (Å²) in [7, 11) is -1.04. The van der Waals surface area contributed by atoms with E-state index in [0.717, 1.165) is 12.7 Å². The summed E-state index contributed by atoms with van der Waals surface area (Å²) in [5.74, 6) is 0. The van der Waals surface area contributed by atoms with Crippen LogP contribution in [0.25, 0.3) is 0 Å². The van der Waals surface area contributed by atoms with Gasteiger partial charge in [0.25, 0.3) is 0 Å². The average molecular weight is 264 g/mol. The van der Waals surface area contributed by atoms with Gasteiger partial charge in [0.1, 0.15) is 0 Å². The third-order valence-electron chi connectivity index (χ3n) is 2.85. The molecule has 1 unspecified atom stereocenters. The van der Waals surface area contributed by atoms with E-state index in [1.165, 1.54) is 0 Å². The molecule has 0 bridgehead atoms. The zero-order valence-corrected chi connectivity index (χ0v) is 12.2. The highest BCUT2D eigenvalue weighted by atomic mass is 28.3. The van der Waals surface area contributed by atoms with E-state index in [-0.39, 0.29) is 0 Å². The maximum atomic E-state index is 5.79. The number of azo groups is 1. The van der Waals surface area contributed by atoms with Crippen LogP contribution in [-0.4, -0.2) is 31.1 Å². The minimum absolute atomic E-state index is 0.485. The highest BCUT2D eigenvalue weighted by Gasteiger charge is 2.32. The minimum Gasteiger partial charge on any atom is -0.377 e. The van der Waals surface area contributed by atoms with E-state index in [4.69, 9.17) is 4.74 Å². The summed E-state index contributed by atoms with van der Waals surface area (Å²) in [6.45, 7) is 8.29. The predicted molar refractivity (Wildman–Crippen MR) is 73.2 cm³/mol. The van der Waals surface area contributed by atoms with Crippen molar-refractivity contribution < 1.29 is 4.74 Å². The van der Waals surface area contributed by atoms with Crippen molar-refractivity contribution in [3.8, 4) is 0 Å². The van der Waals surface area contributed by atoms with Gasteiger partial charge in [-0.25, -0.2) is 4.68 Å². The Morgan fingerprint density at radius 1 is 1.33 bits per heavy atom. The van der Waals surface area contributed by atoms with Gasteiger partial charge in [-0.05, 0) is 18.2 Å². The highest BCUT2D eigenvalue weighted by Crippen LogP contribution is 2.25. The van der Waals surface area contributed by atoms with E-state index < -0.39 is 13.7 Å². The van der Waals surface area contributed by atoms with Crippen LogP contribution in [0.15, 0.2) is 41.0 Å². The van der Waals surface area contributed by atoms with Crippen LogP contribution in [0.1, 0.15) is 0 Å². The lowest BCUT2D eigenvalue weighted by Gasteiger charge is -2.24.